The maximum atomic E-state index is 10.6. The third kappa shape index (κ3) is 1.35. The van der Waals surface area contributed by atoms with Gasteiger partial charge in [0, 0.05) is 12.3 Å². The molecule has 0 unspecified atom stereocenters. The Kier molecular flexibility index (Phi) is 1.88. The Labute approximate surface area is 82.6 Å². The summed E-state index contributed by atoms with van der Waals surface area (Å²) in [4.78, 5) is 14.2. The van der Waals surface area contributed by atoms with Gasteiger partial charge in [0.25, 0.3) is 5.69 Å². The van der Waals surface area contributed by atoms with Gasteiger partial charge in [-0.05, 0) is 33.1 Å². The fourth-order valence-corrected chi connectivity index (χ4v) is 1.77. The number of benzene rings is 1. The number of rotatable bonds is 1. The number of hydrogen-bond donors (Lipinski definition) is 0. The third-order valence-electron chi connectivity index (χ3n) is 1.90. The maximum absolute atomic E-state index is 10.6. The van der Waals surface area contributed by atoms with E-state index < -0.39 is 4.92 Å². The zero-order valence-electron chi connectivity index (χ0n) is 6.53. The van der Waals surface area contributed by atoms with E-state index in [1.807, 2.05) is 0 Å². The van der Waals surface area contributed by atoms with Gasteiger partial charge in [0.15, 0.2) is 0 Å². The lowest BCUT2D eigenvalue weighted by atomic mass is 10.1. The number of aliphatic imine (C=N–C) groups is 1. The zero-order chi connectivity index (χ0) is 9.42. The molecule has 66 valence electrons. The molecule has 1 aromatic carbocycles. The van der Waals surface area contributed by atoms with Gasteiger partial charge in [-0.25, -0.2) is 0 Å². The standard InChI is InChI=1S/C8H5BrN2O2/c9-7-1-5-3-10-4-6(5)2-8(7)11(12)13/h1-3H,4H2. The molecular formula is C8H5BrN2O2. The fourth-order valence-electron chi connectivity index (χ4n) is 1.26. The molecule has 1 heterocycles. The van der Waals surface area contributed by atoms with Crippen molar-refractivity contribution in [1.29, 1.82) is 0 Å². The topological polar surface area (TPSA) is 55.5 Å². The Hall–Kier alpha value is -1.23. The quantitative estimate of drug-likeness (QED) is 0.559. The molecule has 5 heteroatoms. The van der Waals surface area contributed by atoms with Gasteiger partial charge in [0.1, 0.15) is 0 Å². The molecule has 1 aromatic rings. The van der Waals surface area contributed by atoms with Crippen LogP contribution in [0.25, 0.3) is 0 Å². The molecule has 0 spiro atoms. The maximum Gasteiger partial charge on any atom is 0.283 e. The van der Waals surface area contributed by atoms with Crippen LogP contribution in [0.2, 0.25) is 0 Å². The molecule has 2 rings (SSSR count). The Bertz CT molecular complexity index is 415. The van der Waals surface area contributed by atoms with Crippen molar-refractivity contribution in [2.24, 2.45) is 4.99 Å². The lowest BCUT2D eigenvalue weighted by molar-refractivity contribution is -0.385. The molecule has 0 bridgehead atoms. The summed E-state index contributed by atoms with van der Waals surface area (Å²) >= 11 is 3.15. The Morgan fingerprint density at radius 1 is 1.54 bits per heavy atom. The fraction of sp³-hybridized carbons (Fsp3) is 0.125. The SMILES string of the molecule is O=[N+]([O-])c1cc2c(cc1Br)C=NC2. The van der Waals surface area contributed by atoms with Crippen molar-refractivity contribution >= 4 is 27.8 Å². The van der Waals surface area contributed by atoms with Crippen LogP contribution in [0.15, 0.2) is 21.6 Å². The van der Waals surface area contributed by atoms with E-state index in [2.05, 4.69) is 20.9 Å². The molecule has 1 aliphatic rings. The number of hydrogen-bond acceptors (Lipinski definition) is 3. The van der Waals surface area contributed by atoms with Crippen LogP contribution in [-0.2, 0) is 6.54 Å². The van der Waals surface area contributed by atoms with Crippen LogP contribution in [0.4, 0.5) is 5.69 Å². The summed E-state index contributed by atoms with van der Waals surface area (Å²) in [6.45, 7) is 0.545. The predicted octanol–water partition coefficient (Wildman–Crippen LogP) is 2.29. The van der Waals surface area contributed by atoms with Crippen LogP contribution in [0.5, 0.6) is 0 Å². The summed E-state index contributed by atoms with van der Waals surface area (Å²) in [7, 11) is 0. The molecule has 0 saturated heterocycles. The van der Waals surface area contributed by atoms with Crippen LogP contribution >= 0.6 is 15.9 Å². The van der Waals surface area contributed by atoms with E-state index in [1.54, 1.807) is 18.3 Å². The molecule has 0 atom stereocenters. The second-order valence-corrected chi connectivity index (χ2v) is 3.58. The molecular weight excluding hydrogens is 236 g/mol. The number of nitro groups is 1. The van der Waals surface area contributed by atoms with Gasteiger partial charge < -0.3 is 0 Å². The average molecular weight is 241 g/mol. The summed E-state index contributed by atoms with van der Waals surface area (Å²) in [5.41, 5.74) is 1.97. The molecule has 0 fully saturated rings. The largest absolute Gasteiger partial charge is 0.288 e. The Morgan fingerprint density at radius 2 is 2.31 bits per heavy atom. The third-order valence-corrected chi connectivity index (χ3v) is 2.53. The molecule has 0 amide bonds. The molecule has 0 saturated carbocycles. The molecule has 0 aliphatic carbocycles. The van der Waals surface area contributed by atoms with E-state index in [-0.39, 0.29) is 5.69 Å². The van der Waals surface area contributed by atoms with Crippen molar-refractivity contribution in [3.05, 3.63) is 37.8 Å². The van der Waals surface area contributed by atoms with Crippen LogP contribution < -0.4 is 0 Å². The lowest BCUT2D eigenvalue weighted by Crippen LogP contribution is -1.93. The normalized spacial score (nSPS) is 13.0. The Balaban J connectivity index is 2.59. The average Bonchev–Trinajstić information content (AvgIpc) is 2.48. The highest BCUT2D eigenvalue weighted by molar-refractivity contribution is 9.10. The van der Waals surface area contributed by atoms with E-state index >= 15 is 0 Å². The van der Waals surface area contributed by atoms with Crippen molar-refractivity contribution in [2.75, 3.05) is 0 Å². The molecule has 4 nitrogen and oxygen atoms in total. The highest BCUT2D eigenvalue weighted by Gasteiger charge is 2.17. The summed E-state index contributed by atoms with van der Waals surface area (Å²) in [6, 6.07) is 3.29. The summed E-state index contributed by atoms with van der Waals surface area (Å²) in [5.74, 6) is 0. The number of fused-ring (bicyclic) bond motifs is 1. The summed E-state index contributed by atoms with van der Waals surface area (Å²) in [6.07, 6.45) is 1.73. The first-order chi connectivity index (χ1) is 6.18. The van der Waals surface area contributed by atoms with Crippen LogP contribution in [0.1, 0.15) is 11.1 Å². The molecule has 0 aromatic heterocycles. The van der Waals surface area contributed by atoms with E-state index in [0.717, 1.165) is 11.1 Å². The van der Waals surface area contributed by atoms with Crippen LogP contribution in [-0.4, -0.2) is 11.1 Å². The summed E-state index contributed by atoms with van der Waals surface area (Å²) < 4.78 is 0.504. The molecule has 1 aliphatic heterocycles. The van der Waals surface area contributed by atoms with Crippen LogP contribution in [0.3, 0.4) is 0 Å². The first-order valence-electron chi connectivity index (χ1n) is 3.65. The zero-order valence-corrected chi connectivity index (χ0v) is 8.11. The van der Waals surface area contributed by atoms with E-state index in [0.29, 0.717) is 11.0 Å². The Morgan fingerprint density at radius 3 is 3.00 bits per heavy atom. The minimum atomic E-state index is -0.400. The van der Waals surface area contributed by atoms with E-state index in [9.17, 15) is 10.1 Å². The lowest BCUT2D eigenvalue weighted by Gasteiger charge is -1.99. The molecule has 0 radical (unpaired) electrons. The number of halogens is 1. The highest BCUT2D eigenvalue weighted by atomic mass is 79.9. The smallest absolute Gasteiger partial charge is 0.283 e. The van der Waals surface area contributed by atoms with Gasteiger partial charge in [-0.1, -0.05) is 0 Å². The van der Waals surface area contributed by atoms with Crippen molar-refractivity contribution < 1.29 is 4.92 Å². The van der Waals surface area contributed by atoms with Gasteiger partial charge in [-0.2, -0.15) is 0 Å². The molecule has 13 heavy (non-hydrogen) atoms. The van der Waals surface area contributed by atoms with Crippen LogP contribution in [0, 0.1) is 10.1 Å². The predicted molar refractivity (Wildman–Crippen MR) is 52.1 cm³/mol. The second-order valence-electron chi connectivity index (χ2n) is 2.73. The van der Waals surface area contributed by atoms with E-state index in [1.165, 1.54) is 0 Å². The molecule has 0 N–H and O–H groups in total. The van der Waals surface area contributed by atoms with Crippen molar-refractivity contribution in [2.45, 2.75) is 6.54 Å². The van der Waals surface area contributed by atoms with E-state index in [4.69, 9.17) is 0 Å². The van der Waals surface area contributed by atoms with Gasteiger partial charge >= 0.3 is 0 Å². The monoisotopic (exact) mass is 240 g/mol. The van der Waals surface area contributed by atoms with Crippen molar-refractivity contribution in [3.63, 3.8) is 0 Å². The summed E-state index contributed by atoms with van der Waals surface area (Å²) in [5, 5.41) is 10.6. The number of nitrogens with zero attached hydrogens (tertiary/aromatic N) is 2. The van der Waals surface area contributed by atoms with Crippen molar-refractivity contribution in [1.82, 2.24) is 0 Å². The van der Waals surface area contributed by atoms with Gasteiger partial charge in [-0.15, -0.1) is 0 Å². The number of nitro benzene ring substituents is 1. The second kappa shape index (κ2) is 2.92. The van der Waals surface area contributed by atoms with Crippen molar-refractivity contribution in [3.8, 4) is 0 Å². The van der Waals surface area contributed by atoms with Gasteiger partial charge in [-0.3, -0.25) is 15.1 Å². The minimum Gasteiger partial charge on any atom is -0.288 e. The highest BCUT2D eigenvalue weighted by Crippen LogP contribution is 2.29. The first-order valence-corrected chi connectivity index (χ1v) is 4.44. The minimum absolute atomic E-state index is 0.101. The van der Waals surface area contributed by atoms with Gasteiger partial charge in [0.2, 0.25) is 0 Å². The van der Waals surface area contributed by atoms with Gasteiger partial charge in [0.05, 0.1) is 15.9 Å². The first kappa shape index (κ1) is 8.37.